The number of hydrogen-bond acceptors (Lipinski definition) is 5. The second-order valence-electron chi connectivity index (χ2n) is 5.81. The molecule has 5 nitrogen and oxygen atoms in total. The van der Waals surface area contributed by atoms with Gasteiger partial charge in [0.05, 0.1) is 25.7 Å². The van der Waals surface area contributed by atoms with Crippen LogP contribution in [0.5, 0.6) is 0 Å². The molecule has 1 aliphatic carbocycles. The van der Waals surface area contributed by atoms with E-state index in [-0.39, 0.29) is 23.8 Å². The van der Waals surface area contributed by atoms with Crippen LogP contribution < -0.4 is 0 Å². The van der Waals surface area contributed by atoms with Crippen LogP contribution in [0.3, 0.4) is 0 Å². The molecule has 2 aliphatic rings. The van der Waals surface area contributed by atoms with Crippen molar-refractivity contribution < 1.29 is 19.0 Å². The van der Waals surface area contributed by atoms with Gasteiger partial charge in [0.15, 0.2) is 5.79 Å². The molecule has 1 heterocycles. The third-order valence-electron chi connectivity index (χ3n) is 3.98. The third kappa shape index (κ3) is 3.68. The van der Waals surface area contributed by atoms with Gasteiger partial charge in [-0.05, 0) is 19.9 Å². The van der Waals surface area contributed by atoms with Crippen molar-refractivity contribution in [3.05, 3.63) is 0 Å². The Bertz CT molecular complexity index is 315. The average molecular weight is 271 g/mol. The van der Waals surface area contributed by atoms with Gasteiger partial charge in [0.25, 0.3) is 0 Å². The molecule has 0 aromatic carbocycles. The van der Waals surface area contributed by atoms with Gasteiger partial charge in [-0.2, -0.15) is 0 Å². The fraction of sp³-hybridized carbons (Fsp3) is 0.929. The molecule has 2 rings (SSSR count). The molecule has 2 fully saturated rings. The van der Waals surface area contributed by atoms with E-state index in [4.69, 9.17) is 14.2 Å². The Kier molecular flexibility index (Phi) is 4.81. The molecule has 1 saturated heterocycles. The first-order valence-electron chi connectivity index (χ1n) is 7.13. The van der Waals surface area contributed by atoms with E-state index < -0.39 is 0 Å². The second-order valence-corrected chi connectivity index (χ2v) is 5.81. The highest BCUT2D eigenvalue weighted by Gasteiger charge is 2.43. The summed E-state index contributed by atoms with van der Waals surface area (Å²) in [5.41, 5.74) is 0. The highest BCUT2D eigenvalue weighted by atomic mass is 16.7. The molecule has 19 heavy (non-hydrogen) atoms. The molecule has 5 heteroatoms. The molecular formula is C14H25NO4. The number of methoxy groups -OCH3 is 1. The summed E-state index contributed by atoms with van der Waals surface area (Å²) in [5.74, 6) is -0.570. The van der Waals surface area contributed by atoms with E-state index in [9.17, 15) is 4.79 Å². The Labute approximate surface area is 115 Å². The van der Waals surface area contributed by atoms with Gasteiger partial charge in [-0.15, -0.1) is 0 Å². The van der Waals surface area contributed by atoms with Gasteiger partial charge in [0.2, 0.25) is 0 Å². The van der Waals surface area contributed by atoms with E-state index in [2.05, 4.69) is 4.90 Å². The van der Waals surface area contributed by atoms with Gasteiger partial charge >= 0.3 is 5.97 Å². The molecule has 0 aromatic rings. The van der Waals surface area contributed by atoms with Crippen molar-refractivity contribution in [1.29, 1.82) is 0 Å². The van der Waals surface area contributed by atoms with E-state index in [0.29, 0.717) is 13.2 Å². The fourth-order valence-electron chi connectivity index (χ4n) is 3.05. The van der Waals surface area contributed by atoms with Gasteiger partial charge in [0, 0.05) is 25.9 Å². The largest absolute Gasteiger partial charge is 0.469 e. The molecule has 0 bridgehead atoms. The molecule has 0 aromatic heterocycles. The van der Waals surface area contributed by atoms with E-state index in [0.717, 1.165) is 19.4 Å². The molecule has 1 spiro atoms. The first kappa shape index (κ1) is 14.8. The summed E-state index contributed by atoms with van der Waals surface area (Å²) in [5, 5.41) is 0. The normalized spacial score (nSPS) is 27.1. The average Bonchev–Trinajstić information content (AvgIpc) is 2.99. The predicted octanol–water partition coefficient (Wildman–Crippen LogP) is 1.41. The molecular weight excluding hydrogens is 246 g/mol. The maximum absolute atomic E-state index is 11.4. The van der Waals surface area contributed by atoms with Crippen LogP contribution in [0.25, 0.3) is 0 Å². The number of esters is 1. The zero-order valence-electron chi connectivity index (χ0n) is 12.2. The van der Waals surface area contributed by atoms with Gasteiger partial charge < -0.3 is 19.1 Å². The summed E-state index contributed by atoms with van der Waals surface area (Å²) in [7, 11) is 3.43. The number of rotatable bonds is 5. The van der Waals surface area contributed by atoms with E-state index in [1.165, 1.54) is 20.0 Å². The lowest BCUT2D eigenvalue weighted by Crippen LogP contribution is -2.37. The molecule has 1 aliphatic heterocycles. The van der Waals surface area contributed by atoms with Crippen molar-refractivity contribution in [2.45, 2.75) is 44.5 Å². The first-order chi connectivity index (χ1) is 9.04. The van der Waals surface area contributed by atoms with Crippen molar-refractivity contribution in [2.75, 3.05) is 33.9 Å². The van der Waals surface area contributed by atoms with Gasteiger partial charge in [-0.3, -0.25) is 4.79 Å². The number of likely N-dealkylation sites (N-methyl/N-ethyl adjacent to an activating group) is 1. The molecule has 0 N–H and O–H groups in total. The van der Waals surface area contributed by atoms with Crippen LogP contribution >= 0.6 is 0 Å². The molecule has 2 unspecified atom stereocenters. The zero-order chi connectivity index (χ0) is 13.9. The zero-order valence-corrected chi connectivity index (χ0v) is 12.2. The quantitative estimate of drug-likeness (QED) is 0.708. The fourth-order valence-corrected chi connectivity index (χ4v) is 3.05. The number of carbonyl (C=O) groups excluding carboxylic acids is 1. The van der Waals surface area contributed by atoms with Crippen molar-refractivity contribution in [3.63, 3.8) is 0 Å². The minimum atomic E-state index is -0.292. The maximum atomic E-state index is 11.4. The van der Waals surface area contributed by atoms with Crippen LogP contribution in [0.1, 0.15) is 32.6 Å². The SMILES string of the molecule is COC(=O)C(C)CN(C)CC1COC2(CCCC2)O1. The summed E-state index contributed by atoms with van der Waals surface area (Å²) in [6.07, 6.45) is 4.55. The lowest BCUT2D eigenvalue weighted by Gasteiger charge is -2.25. The van der Waals surface area contributed by atoms with Crippen LogP contribution in [-0.4, -0.2) is 56.6 Å². The van der Waals surface area contributed by atoms with E-state index >= 15 is 0 Å². The van der Waals surface area contributed by atoms with Gasteiger partial charge in [-0.25, -0.2) is 0 Å². The van der Waals surface area contributed by atoms with E-state index in [1.54, 1.807) is 0 Å². The summed E-state index contributed by atoms with van der Waals surface area (Å²) in [6.45, 7) is 4.02. The van der Waals surface area contributed by atoms with Crippen LogP contribution in [0.15, 0.2) is 0 Å². The lowest BCUT2D eigenvalue weighted by molar-refractivity contribution is -0.163. The van der Waals surface area contributed by atoms with Crippen molar-refractivity contribution in [2.24, 2.45) is 5.92 Å². The standard InChI is InChI=1S/C14H25NO4/c1-11(13(16)17-3)8-15(2)9-12-10-18-14(19-12)6-4-5-7-14/h11-12H,4-10H2,1-3H3. The van der Waals surface area contributed by atoms with Crippen molar-refractivity contribution in [1.82, 2.24) is 4.90 Å². The summed E-state index contributed by atoms with van der Waals surface area (Å²) < 4.78 is 16.7. The van der Waals surface area contributed by atoms with Crippen LogP contribution in [0, 0.1) is 5.92 Å². The van der Waals surface area contributed by atoms with Crippen molar-refractivity contribution in [3.8, 4) is 0 Å². The highest BCUT2D eigenvalue weighted by molar-refractivity contribution is 5.72. The molecule has 110 valence electrons. The van der Waals surface area contributed by atoms with E-state index in [1.807, 2.05) is 14.0 Å². The topological polar surface area (TPSA) is 48.0 Å². The summed E-state index contributed by atoms with van der Waals surface area (Å²) >= 11 is 0. The predicted molar refractivity (Wildman–Crippen MR) is 70.7 cm³/mol. The molecule has 0 radical (unpaired) electrons. The number of nitrogens with zero attached hydrogens (tertiary/aromatic N) is 1. The highest BCUT2D eigenvalue weighted by Crippen LogP contribution is 2.39. The minimum absolute atomic E-state index is 0.113. The van der Waals surface area contributed by atoms with Crippen LogP contribution in [0.2, 0.25) is 0 Å². The van der Waals surface area contributed by atoms with Gasteiger partial charge in [-0.1, -0.05) is 6.92 Å². The first-order valence-corrected chi connectivity index (χ1v) is 7.13. The number of carbonyl (C=O) groups is 1. The number of ether oxygens (including phenoxy) is 3. The third-order valence-corrected chi connectivity index (χ3v) is 3.98. The summed E-state index contributed by atoms with van der Waals surface area (Å²) in [4.78, 5) is 13.5. The Morgan fingerprint density at radius 2 is 2.16 bits per heavy atom. The Hall–Kier alpha value is -0.650. The second kappa shape index (κ2) is 6.20. The lowest BCUT2D eigenvalue weighted by atomic mass is 10.1. The van der Waals surface area contributed by atoms with Gasteiger partial charge in [0.1, 0.15) is 0 Å². The Morgan fingerprint density at radius 3 is 2.79 bits per heavy atom. The maximum Gasteiger partial charge on any atom is 0.309 e. The summed E-state index contributed by atoms with van der Waals surface area (Å²) in [6, 6.07) is 0. The van der Waals surface area contributed by atoms with Crippen molar-refractivity contribution >= 4 is 5.97 Å². The number of hydrogen-bond donors (Lipinski definition) is 0. The molecule has 2 atom stereocenters. The Morgan fingerprint density at radius 1 is 1.47 bits per heavy atom. The smallest absolute Gasteiger partial charge is 0.309 e. The molecule has 0 amide bonds. The van der Waals surface area contributed by atoms with Crippen LogP contribution in [-0.2, 0) is 19.0 Å². The van der Waals surface area contributed by atoms with Crippen LogP contribution in [0.4, 0.5) is 0 Å². The Balaban J connectivity index is 1.74. The minimum Gasteiger partial charge on any atom is -0.469 e. The molecule has 1 saturated carbocycles. The monoisotopic (exact) mass is 271 g/mol.